The van der Waals surface area contributed by atoms with Crippen molar-refractivity contribution >= 4 is 16.9 Å². The van der Waals surface area contributed by atoms with Gasteiger partial charge in [-0.3, -0.25) is 9.78 Å². The second kappa shape index (κ2) is 11.6. The van der Waals surface area contributed by atoms with E-state index in [0.717, 1.165) is 28.0 Å². The first kappa shape index (κ1) is 25.3. The van der Waals surface area contributed by atoms with Crippen molar-refractivity contribution in [2.45, 2.75) is 33.6 Å². The summed E-state index contributed by atoms with van der Waals surface area (Å²) in [6.07, 6.45) is 1.17. The molecule has 0 spiro atoms. The van der Waals surface area contributed by atoms with Gasteiger partial charge < -0.3 is 9.52 Å². The van der Waals surface area contributed by atoms with Crippen LogP contribution >= 0.6 is 0 Å². The monoisotopic (exact) mass is 605 g/mol. The average Bonchev–Trinajstić information content (AvgIpc) is 3.17. The minimum absolute atomic E-state index is 0. The van der Waals surface area contributed by atoms with E-state index in [0.29, 0.717) is 11.6 Å². The van der Waals surface area contributed by atoms with Gasteiger partial charge in [0.1, 0.15) is 5.76 Å². The van der Waals surface area contributed by atoms with Crippen LogP contribution < -0.4 is 0 Å². The topological polar surface area (TPSA) is 63.3 Å². The molecule has 1 N–H and O–H groups in total. The summed E-state index contributed by atoms with van der Waals surface area (Å²) in [7, 11) is 0. The summed E-state index contributed by atoms with van der Waals surface area (Å²) in [5.74, 6) is 1.32. The maximum Gasteiger partial charge on any atom is 0.217 e. The fraction of sp³-hybridized carbons (Fsp3) is 0.185. The van der Waals surface area contributed by atoms with E-state index in [2.05, 4.69) is 49.2 Å². The van der Waals surface area contributed by atoms with Crippen molar-refractivity contribution in [1.82, 2.24) is 4.98 Å². The molecule has 5 heteroatoms. The predicted molar refractivity (Wildman–Crippen MR) is 125 cm³/mol. The molecule has 0 aliphatic carbocycles. The van der Waals surface area contributed by atoms with Gasteiger partial charge in [0.2, 0.25) is 5.71 Å². The van der Waals surface area contributed by atoms with Gasteiger partial charge in [-0.1, -0.05) is 50.2 Å². The van der Waals surface area contributed by atoms with Gasteiger partial charge in [-0.15, -0.1) is 35.9 Å². The summed E-state index contributed by atoms with van der Waals surface area (Å²) in [5.41, 5.74) is 4.91. The Morgan fingerprint density at radius 3 is 2.31 bits per heavy atom. The molecule has 0 fully saturated rings. The van der Waals surface area contributed by atoms with Crippen molar-refractivity contribution in [2.24, 2.45) is 0 Å². The van der Waals surface area contributed by atoms with Gasteiger partial charge in [0.05, 0.1) is 5.76 Å². The molecule has 0 bridgehead atoms. The van der Waals surface area contributed by atoms with Crippen molar-refractivity contribution in [2.75, 3.05) is 0 Å². The summed E-state index contributed by atoms with van der Waals surface area (Å²) >= 11 is 0. The zero-order valence-corrected chi connectivity index (χ0v) is 20.9. The van der Waals surface area contributed by atoms with Crippen molar-refractivity contribution in [3.8, 4) is 22.6 Å². The molecule has 0 unspecified atom stereocenters. The van der Waals surface area contributed by atoms with Crippen LogP contribution in [-0.2, 0) is 24.9 Å². The second-order valence-electron chi connectivity index (χ2n) is 7.65. The van der Waals surface area contributed by atoms with E-state index in [1.54, 1.807) is 0 Å². The zero-order chi connectivity index (χ0) is 22.4. The summed E-state index contributed by atoms with van der Waals surface area (Å²) < 4.78 is 5.99. The van der Waals surface area contributed by atoms with Gasteiger partial charge in [-0.05, 0) is 37.1 Å². The Bertz CT molecular complexity index is 1190. The molecule has 0 atom stereocenters. The summed E-state index contributed by atoms with van der Waals surface area (Å²) in [6.45, 7) is 7.24. The number of ketones is 1. The SMILES string of the molecule is CC(=O)/C=C(/C)O.CC(C)c1ccc(-c2cc3ccc(-c4[c-]cccc4)nc3o2)cc1.[Ir]. The largest absolute Gasteiger partial charge is 0.512 e. The minimum Gasteiger partial charge on any atom is -0.512 e. The van der Waals surface area contributed by atoms with E-state index < -0.39 is 0 Å². The first-order valence-electron chi connectivity index (χ1n) is 10.2. The second-order valence-corrected chi connectivity index (χ2v) is 7.65. The number of rotatable bonds is 4. The molecule has 2 aromatic carbocycles. The Labute approximate surface area is 202 Å². The number of allylic oxidation sites excluding steroid dienone is 2. The van der Waals surface area contributed by atoms with E-state index in [4.69, 9.17) is 9.52 Å². The summed E-state index contributed by atoms with van der Waals surface area (Å²) in [4.78, 5) is 14.7. The van der Waals surface area contributed by atoms with Crippen LogP contribution in [0.15, 0.2) is 83.0 Å². The Morgan fingerprint density at radius 1 is 1.06 bits per heavy atom. The van der Waals surface area contributed by atoms with E-state index in [9.17, 15) is 4.79 Å². The predicted octanol–water partition coefficient (Wildman–Crippen LogP) is 7.12. The molecule has 1 radical (unpaired) electrons. The molecule has 0 saturated carbocycles. The van der Waals surface area contributed by atoms with Crippen LogP contribution in [0.3, 0.4) is 0 Å². The maximum atomic E-state index is 10.0. The van der Waals surface area contributed by atoms with Crippen molar-refractivity contribution < 1.29 is 34.4 Å². The van der Waals surface area contributed by atoms with E-state index >= 15 is 0 Å². The standard InChI is InChI=1S/C22H18NO.C5H8O2.Ir/c1-15(2)16-8-10-18(11-9-16)21-14-19-12-13-20(23-22(19)24-21)17-6-4-3-5-7-17;1-4(6)3-5(2)7;/h3-6,8-15H,1-2H3;3,6H,1-2H3;/q-1;;/b;4-3-;. The summed E-state index contributed by atoms with van der Waals surface area (Å²) in [5, 5.41) is 9.37. The van der Waals surface area contributed by atoms with E-state index in [-0.39, 0.29) is 31.6 Å². The van der Waals surface area contributed by atoms with Crippen LogP contribution in [0.25, 0.3) is 33.7 Å². The molecule has 2 heterocycles. The third-order valence-electron chi connectivity index (χ3n) is 4.64. The molecule has 0 aliphatic heterocycles. The number of hydrogen-bond donors (Lipinski definition) is 1. The number of benzene rings is 2. The molecular formula is C27H26IrNO3-. The number of nitrogens with zero attached hydrogens (tertiary/aromatic N) is 1. The van der Waals surface area contributed by atoms with Crippen LogP contribution in [0.5, 0.6) is 0 Å². The van der Waals surface area contributed by atoms with Gasteiger partial charge in [-0.25, -0.2) is 0 Å². The Morgan fingerprint density at radius 2 is 1.78 bits per heavy atom. The molecule has 4 rings (SSSR count). The third-order valence-corrected chi connectivity index (χ3v) is 4.64. The Hall–Kier alpha value is -3.01. The van der Waals surface area contributed by atoms with E-state index in [1.807, 2.05) is 42.5 Å². The third kappa shape index (κ3) is 6.74. The van der Waals surface area contributed by atoms with Crippen LogP contribution in [0.2, 0.25) is 0 Å². The molecule has 0 aliphatic rings. The normalized spacial score (nSPS) is 11.0. The maximum absolute atomic E-state index is 10.0. The van der Waals surface area contributed by atoms with Crippen LogP contribution in [-0.4, -0.2) is 15.9 Å². The van der Waals surface area contributed by atoms with Gasteiger partial charge in [0, 0.05) is 37.1 Å². The molecule has 32 heavy (non-hydrogen) atoms. The number of aromatic nitrogens is 1. The zero-order valence-electron chi connectivity index (χ0n) is 18.5. The number of carbonyl (C=O) groups excluding carboxylic acids is 1. The van der Waals surface area contributed by atoms with Gasteiger partial charge in [0.25, 0.3) is 0 Å². The Balaban J connectivity index is 0.000000398. The van der Waals surface area contributed by atoms with E-state index in [1.165, 1.54) is 25.5 Å². The van der Waals surface area contributed by atoms with Crippen molar-refractivity contribution in [1.29, 1.82) is 0 Å². The first-order valence-corrected chi connectivity index (χ1v) is 10.2. The van der Waals surface area contributed by atoms with Gasteiger partial charge >= 0.3 is 0 Å². The quantitative estimate of drug-likeness (QED) is 0.153. The van der Waals surface area contributed by atoms with Crippen LogP contribution in [0.4, 0.5) is 0 Å². The molecule has 0 amide bonds. The molecule has 4 nitrogen and oxygen atoms in total. The number of hydrogen-bond acceptors (Lipinski definition) is 4. The molecule has 4 aromatic rings. The number of pyridine rings is 1. The molecule has 2 aromatic heterocycles. The molecule has 167 valence electrons. The van der Waals surface area contributed by atoms with Crippen molar-refractivity contribution in [3.63, 3.8) is 0 Å². The minimum atomic E-state index is -0.125. The fourth-order valence-corrected chi connectivity index (χ4v) is 3.09. The van der Waals surface area contributed by atoms with Gasteiger partial charge in [-0.2, -0.15) is 0 Å². The van der Waals surface area contributed by atoms with Gasteiger partial charge in [0.15, 0.2) is 5.78 Å². The number of fused-ring (bicyclic) bond motifs is 1. The number of carbonyl (C=O) groups is 1. The molecule has 0 saturated heterocycles. The smallest absolute Gasteiger partial charge is 0.217 e. The van der Waals surface area contributed by atoms with Crippen molar-refractivity contribution in [3.05, 3.63) is 90.2 Å². The number of aliphatic hydroxyl groups is 1. The van der Waals surface area contributed by atoms with Crippen LogP contribution in [0, 0.1) is 6.07 Å². The first-order chi connectivity index (χ1) is 14.8. The fourth-order valence-electron chi connectivity index (χ4n) is 3.09. The summed E-state index contributed by atoms with van der Waals surface area (Å²) in [6, 6.07) is 25.7. The Kier molecular flexibility index (Phi) is 9.13. The molecular weight excluding hydrogens is 579 g/mol. The number of aliphatic hydroxyl groups excluding tert-OH is 1. The average molecular weight is 605 g/mol. The number of furan rings is 1. The van der Waals surface area contributed by atoms with Crippen LogP contribution in [0.1, 0.15) is 39.2 Å².